The van der Waals surface area contributed by atoms with Crippen LogP contribution in [-0.2, 0) is 20.4 Å². The summed E-state index contributed by atoms with van der Waals surface area (Å²) in [5.41, 5.74) is -0.619. The van der Waals surface area contributed by atoms with Crippen molar-refractivity contribution in [3.8, 4) is 0 Å². The van der Waals surface area contributed by atoms with Crippen LogP contribution in [0.5, 0.6) is 0 Å². The molecule has 2 aromatic rings. The average Bonchev–Trinajstić information content (AvgIpc) is 3.03. The molecular formula is C18H24FN3O4S. The summed E-state index contributed by atoms with van der Waals surface area (Å²) < 4.78 is 44.1. The van der Waals surface area contributed by atoms with E-state index in [1.54, 1.807) is 26.8 Å². The van der Waals surface area contributed by atoms with Gasteiger partial charge in [0.1, 0.15) is 11.9 Å². The number of nitrogens with zero attached hydrogens (tertiary/aromatic N) is 2. The van der Waals surface area contributed by atoms with E-state index < -0.39 is 38.1 Å². The van der Waals surface area contributed by atoms with Gasteiger partial charge >= 0.3 is 5.22 Å². The van der Waals surface area contributed by atoms with Crippen molar-refractivity contribution in [2.24, 2.45) is 11.3 Å². The molecule has 9 heteroatoms. The number of benzene rings is 1. The van der Waals surface area contributed by atoms with E-state index in [2.05, 4.69) is 15.5 Å². The van der Waals surface area contributed by atoms with Crippen molar-refractivity contribution in [2.45, 2.75) is 51.6 Å². The van der Waals surface area contributed by atoms with Crippen LogP contribution >= 0.6 is 0 Å². The molecule has 1 aromatic carbocycles. The lowest BCUT2D eigenvalue weighted by atomic mass is 9.94. The third kappa shape index (κ3) is 5.12. The number of nitrogens with one attached hydrogen (secondary N) is 1. The second kappa shape index (κ2) is 7.75. The van der Waals surface area contributed by atoms with Crippen molar-refractivity contribution in [1.29, 1.82) is 0 Å². The molecule has 2 rings (SSSR count). The fourth-order valence-electron chi connectivity index (χ4n) is 2.22. The van der Waals surface area contributed by atoms with Gasteiger partial charge in [0.15, 0.2) is 0 Å². The van der Waals surface area contributed by atoms with Crippen LogP contribution < -0.4 is 5.32 Å². The van der Waals surface area contributed by atoms with E-state index in [-0.39, 0.29) is 23.3 Å². The predicted molar refractivity (Wildman–Crippen MR) is 96.8 cm³/mol. The molecule has 0 saturated carbocycles. The Labute approximate surface area is 158 Å². The second-order valence-corrected chi connectivity index (χ2v) is 9.57. The Hall–Kier alpha value is -2.29. The van der Waals surface area contributed by atoms with Crippen molar-refractivity contribution in [3.05, 3.63) is 41.5 Å². The highest BCUT2D eigenvalue weighted by atomic mass is 32.2. The Balaban J connectivity index is 2.27. The minimum Gasteiger partial charge on any atom is -0.410 e. The molecule has 0 aliphatic carbocycles. The van der Waals surface area contributed by atoms with Crippen LogP contribution in [0.25, 0.3) is 0 Å². The molecule has 7 nitrogen and oxygen atoms in total. The quantitative estimate of drug-likeness (QED) is 0.804. The number of halogens is 1. The maximum absolute atomic E-state index is 13.8. The first kappa shape index (κ1) is 21.0. The van der Waals surface area contributed by atoms with Crippen LogP contribution in [0.2, 0.25) is 0 Å². The maximum Gasteiger partial charge on any atom is 0.335 e. The smallest absolute Gasteiger partial charge is 0.335 e. The lowest BCUT2D eigenvalue weighted by Gasteiger charge is -2.24. The van der Waals surface area contributed by atoms with Crippen LogP contribution in [0.4, 0.5) is 4.39 Å². The number of carbonyl (C=O) groups is 1. The van der Waals surface area contributed by atoms with Gasteiger partial charge in [-0.2, -0.15) is 0 Å². The standard InChI is InChI=1S/C18H24FN3O4S/c1-11(2)14(20-16(23)18(3,4)5)15-21-22-17(26-15)27(24,25)10-12-8-6-7-9-13(12)19/h6-9,11,14H,10H2,1-5H3,(H,20,23)/t14-/m0/s1. The first-order valence-corrected chi connectivity index (χ1v) is 10.2. The lowest BCUT2D eigenvalue weighted by Crippen LogP contribution is -2.39. The summed E-state index contributed by atoms with van der Waals surface area (Å²) in [5.74, 6) is -1.57. The van der Waals surface area contributed by atoms with E-state index in [0.717, 1.165) is 0 Å². The van der Waals surface area contributed by atoms with Gasteiger partial charge in [-0.1, -0.05) is 57.9 Å². The topological polar surface area (TPSA) is 102 Å². The SMILES string of the molecule is CC(C)[C@H](NC(=O)C(C)(C)C)c1nnc(S(=O)(=O)Cc2ccccc2F)o1. The number of aromatic nitrogens is 2. The van der Waals surface area contributed by atoms with Crippen molar-refractivity contribution in [2.75, 3.05) is 0 Å². The number of hydrogen-bond donors (Lipinski definition) is 1. The zero-order chi connectivity index (χ0) is 20.4. The molecule has 0 unspecified atom stereocenters. The Morgan fingerprint density at radius 1 is 1.22 bits per heavy atom. The summed E-state index contributed by atoms with van der Waals surface area (Å²) >= 11 is 0. The average molecular weight is 397 g/mol. The van der Waals surface area contributed by atoms with E-state index in [1.165, 1.54) is 18.2 Å². The summed E-state index contributed by atoms with van der Waals surface area (Å²) in [6.07, 6.45) is 0. The lowest BCUT2D eigenvalue weighted by molar-refractivity contribution is -0.129. The Morgan fingerprint density at radius 2 is 1.85 bits per heavy atom. The minimum absolute atomic E-state index is 0.00490. The molecule has 27 heavy (non-hydrogen) atoms. The number of rotatable bonds is 6. The molecule has 0 aliphatic rings. The molecular weight excluding hydrogens is 373 g/mol. The van der Waals surface area contributed by atoms with E-state index in [0.29, 0.717) is 0 Å². The van der Waals surface area contributed by atoms with Gasteiger partial charge in [-0.15, -0.1) is 5.10 Å². The van der Waals surface area contributed by atoms with Gasteiger partial charge in [0.05, 0.1) is 5.75 Å². The fraction of sp³-hybridized carbons (Fsp3) is 0.500. The highest BCUT2D eigenvalue weighted by molar-refractivity contribution is 7.90. The molecule has 1 atom stereocenters. The third-order valence-corrected chi connectivity index (χ3v) is 5.28. The summed E-state index contributed by atoms with van der Waals surface area (Å²) in [6.45, 7) is 8.96. The molecule has 1 amide bonds. The van der Waals surface area contributed by atoms with Crippen molar-refractivity contribution in [1.82, 2.24) is 15.5 Å². The summed E-state index contributed by atoms with van der Waals surface area (Å²) in [4.78, 5) is 12.3. The molecule has 0 fully saturated rings. The number of carbonyl (C=O) groups excluding carboxylic acids is 1. The molecule has 1 heterocycles. The summed E-state index contributed by atoms with van der Waals surface area (Å²) in [5, 5.41) is 9.61. The molecule has 0 bridgehead atoms. The Bertz CT molecular complexity index is 917. The van der Waals surface area contributed by atoms with Crippen LogP contribution in [-0.4, -0.2) is 24.5 Å². The van der Waals surface area contributed by atoms with Gasteiger partial charge in [0.25, 0.3) is 0 Å². The van der Waals surface area contributed by atoms with E-state index >= 15 is 0 Å². The largest absolute Gasteiger partial charge is 0.410 e. The minimum atomic E-state index is -4.02. The van der Waals surface area contributed by atoms with Gasteiger partial charge in [-0.3, -0.25) is 4.79 Å². The fourth-order valence-corrected chi connectivity index (χ4v) is 3.37. The van der Waals surface area contributed by atoms with E-state index in [4.69, 9.17) is 4.42 Å². The highest BCUT2D eigenvalue weighted by Crippen LogP contribution is 2.25. The molecule has 1 N–H and O–H groups in total. The van der Waals surface area contributed by atoms with Crippen LogP contribution in [0.3, 0.4) is 0 Å². The molecule has 0 radical (unpaired) electrons. The van der Waals surface area contributed by atoms with Crippen molar-refractivity contribution >= 4 is 15.7 Å². The van der Waals surface area contributed by atoms with Crippen LogP contribution in [0.15, 0.2) is 33.9 Å². The second-order valence-electron chi connectivity index (χ2n) is 7.70. The predicted octanol–water partition coefficient (Wildman–Crippen LogP) is 3.04. The Morgan fingerprint density at radius 3 is 2.41 bits per heavy atom. The molecule has 0 spiro atoms. The molecule has 0 saturated heterocycles. The number of amides is 1. The van der Waals surface area contributed by atoms with Crippen LogP contribution in [0, 0.1) is 17.2 Å². The zero-order valence-corrected chi connectivity index (χ0v) is 16.8. The van der Waals surface area contributed by atoms with Gasteiger partial charge in [0.2, 0.25) is 21.6 Å². The van der Waals surface area contributed by atoms with Gasteiger partial charge in [-0.25, -0.2) is 12.8 Å². The van der Waals surface area contributed by atoms with Crippen molar-refractivity contribution in [3.63, 3.8) is 0 Å². The first-order chi connectivity index (χ1) is 12.4. The monoisotopic (exact) mass is 397 g/mol. The summed E-state index contributed by atoms with van der Waals surface area (Å²) in [6, 6.07) is 4.94. The van der Waals surface area contributed by atoms with Gasteiger partial charge < -0.3 is 9.73 Å². The van der Waals surface area contributed by atoms with E-state index in [1.807, 2.05) is 13.8 Å². The van der Waals surface area contributed by atoms with Crippen molar-refractivity contribution < 1.29 is 22.0 Å². The molecule has 1 aromatic heterocycles. The number of hydrogen-bond acceptors (Lipinski definition) is 6. The maximum atomic E-state index is 13.8. The highest BCUT2D eigenvalue weighted by Gasteiger charge is 2.31. The van der Waals surface area contributed by atoms with Crippen LogP contribution in [0.1, 0.15) is 52.1 Å². The normalized spacial score (nSPS) is 13.6. The van der Waals surface area contributed by atoms with Gasteiger partial charge in [0, 0.05) is 11.0 Å². The zero-order valence-electron chi connectivity index (χ0n) is 16.0. The van der Waals surface area contributed by atoms with Gasteiger partial charge in [-0.05, 0) is 12.0 Å². The summed E-state index contributed by atoms with van der Waals surface area (Å²) in [7, 11) is -4.02. The molecule has 0 aliphatic heterocycles. The first-order valence-electron chi connectivity index (χ1n) is 8.52. The number of sulfone groups is 1. The van der Waals surface area contributed by atoms with E-state index in [9.17, 15) is 17.6 Å². The third-order valence-electron chi connectivity index (χ3n) is 3.89. The molecule has 148 valence electrons. The Kier molecular flexibility index (Phi) is 6.04.